The SMILES string of the molecule is Cc1cc(C(O)CNC(C)COc2ccc(Cc3sc(=O)[nH]c3O)cc2)cc(C)c1O. The van der Waals surface area contributed by atoms with Crippen LogP contribution in [0.4, 0.5) is 0 Å². The summed E-state index contributed by atoms with van der Waals surface area (Å²) in [4.78, 5) is 14.0. The summed E-state index contributed by atoms with van der Waals surface area (Å²) in [5.41, 5.74) is 3.22. The number of rotatable bonds is 9. The number of phenols is 1. The van der Waals surface area contributed by atoms with Crippen LogP contribution in [0.25, 0.3) is 0 Å². The van der Waals surface area contributed by atoms with Gasteiger partial charge in [-0.05, 0) is 67.3 Å². The Labute approximate surface area is 185 Å². The zero-order valence-corrected chi connectivity index (χ0v) is 18.6. The van der Waals surface area contributed by atoms with Crippen molar-refractivity contribution >= 4 is 11.3 Å². The summed E-state index contributed by atoms with van der Waals surface area (Å²) < 4.78 is 5.81. The first-order valence-corrected chi connectivity index (χ1v) is 10.9. The minimum absolute atomic E-state index is 0.0164. The molecule has 0 aliphatic carbocycles. The highest BCUT2D eigenvalue weighted by Gasteiger charge is 2.13. The first-order chi connectivity index (χ1) is 14.7. The molecular weight excluding hydrogens is 416 g/mol. The second-order valence-electron chi connectivity index (χ2n) is 7.75. The lowest BCUT2D eigenvalue weighted by Gasteiger charge is -2.19. The number of nitrogens with one attached hydrogen (secondary N) is 2. The van der Waals surface area contributed by atoms with Crippen LogP contribution in [0.3, 0.4) is 0 Å². The molecule has 5 N–H and O–H groups in total. The van der Waals surface area contributed by atoms with Crippen molar-refractivity contribution in [2.24, 2.45) is 0 Å². The molecule has 0 amide bonds. The van der Waals surface area contributed by atoms with E-state index < -0.39 is 6.10 Å². The van der Waals surface area contributed by atoms with Crippen LogP contribution in [0.5, 0.6) is 17.4 Å². The van der Waals surface area contributed by atoms with Gasteiger partial charge in [0.05, 0.1) is 11.0 Å². The molecule has 1 heterocycles. The van der Waals surface area contributed by atoms with Gasteiger partial charge in [-0.2, -0.15) is 0 Å². The van der Waals surface area contributed by atoms with Crippen molar-refractivity contribution in [3.8, 4) is 17.4 Å². The van der Waals surface area contributed by atoms with Crippen LogP contribution in [0.1, 0.15) is 40.2 Å². The number of aryl methyl sites for hydroxylation is 2. The maximum absolute atomic E-state index is 11.3. The van der Waals surface area contributed by atoms with E-state index in [1.165, 1.54) is 0 Å². The Morgan fingerprint density at radius 2 is 1.77 bits per heavy atom. The van der Waals surface area contributed by atoms with E-state index in [0.717, 1.165) is 33.6 Å². The number of hydrogen-bond acceptors (Lipinski definition) is 7. The van der Waals surface area contributed by atoms with Crippen molar-refractivity contribution in [2.45, 2.75) is 39.3 Å². The highest BCUT2D eigenvalue weighted by molar-refractivity contribution is 7.09. The van der Waals surface area contributed by atoms with Crippen LogP contribution in [0, 0.1) is 13.8 Å². The average molecular weight is 445 g/mol. The Bertz CT molecular complexity index is 1050. The van der Waals surface area contributed by atoms with Crippen LogP contribution in [-0.2, 0) is 6.42 Å². The van der Waals surface area contributed by atoms with Crippen LogP contribution >= 0.6 is 11.3 Å². The topological polar surface area (TPSA) is 115 Å². The Hall–Kier alpha value is -2.81. The van der Waals surface area contributed by atoms with Crippen molar-refractivity contribution in [3.05, 3.63) is 73.2 Å². The fraction of sp³-hybridized carbons (Fsp3) is 0.348. The first-order valence-electron chi connectivity index (χ1n) is 10.1. The van der Waals surface area contributed by atoms with Gasteiger partial charge in [-0.15, -0.1) is 0 Å². The number of ether oxygens (including phenoxy) is 1. The molecule has 0 saturated carbocycles. The van der Waals surface area contributed by atoms with Gasteiger partial charge in [-0.25, -0.2) is 0 Å². The number of thiazole rings is 1. The second kappa shape index (κ2) is 10.00. The van der Waals surface area contributed by atoms with Gasteiger partial charge < -0.3 is 25.4 Å². The van der Waals surface area contributed by atoms with Gasteiger partial charge in [0, 0.05) is 19.0 Å². The highest BCUT2D eigenvalue weighted by Crippen LogP contribution is 2.26. The molecule has 0 fully saturated rings. The normalized spacial score (nSPS) is 13.2. The van der Waals surface area contributed by atoms with Crippen LogP contribution in [0.15, 0.2) is 41.2 Å². The van der Waals surface area contributed by atoms with E-state index in [1.807, 2.05) is 45.0 Å². The van der Waals surface area contributed by atoms with Crippen molar-refractivity contribution < 1.29 is 20.1 Å². The molecule has 1 aromatic heterocycles. The molecule has 3 rings (SSSR count). The Balaban J connectivity index is 1.46. The molecule has 31 heavy (non-hydrogen) atoms. The number of aromatic hydroxyl groups is 2. The standard InChI is InChI=1S/C23H28N2O5S/c1-13-8-17(9-14(2)21(13)27)19(26)11-24-15(3)12-30-18-6-4-16(5-7-18)10-20-22(28)25-23(29)31-20/h4-9,15,19,24,26-28H,10-12H2,1-3H3,(H,25,29). The van der Waals surface area contributed by atoms with Gasteiger partial charge in [0.15, 0.2) is 0 Å². The largest absolute Gasteiger partial charge is 0.507 e. The molecule has 2 atom stereocenters. The van der Waals surface area contributed by atoms with Crippen LogP contribution < -0.4 is 14.9 Å². The lowest BCUT2D eigenvalue weighted by Crippen LogP contribution is -2.34. The highest BCUT2D eigenvalue weighted by atomic mass is 32.1. The van der Waals surface area contributed by atoms with Crippen molar-refractivity contribution in [1.29, 1.82) is 0 Å². The summed E-state index contributed by atoms with van der Waals surface area (Å²) in [6, 6.07) is 11.1. The molecule has 0 bridgehead atoms. The second-order valence-corrected chi connectivity index (χ2v) is 8.81. The van der Waals surface area contributed by atoms with E-state index in [-0.39, 0.29) is 22.5 Å². The summed E-state index contributed by atoms with van der Waals surface area (Å²) in [5, 5.41) is 33.3. The molecule has 0 saturated heterocycles. The number of aliphatic hydroxyl groups is 1. The number of aromatic amines is 1. The number of H-pyrrole nitrogens is 1. The molecule has 0 spiro atoms. The minimum atomic E-state index is -0.680. The minimum Gasteiger partial charge on any atom is -0.507 e. The number of aromatic nitrogens is 1. The maximum atomic E-state index is 11.3. The third-order valence-electron chi connectivity index (χ3n) is 5.05. The summed E-state index contributed by atoms with van der Waals surface area (Å²) >= 11 is 1.00. The lowest BCUT2D eigenvalue weighted by molar-refractivity contribution is 0.163. The van der Waals surface area contributed by atoms with Gasteiger partial charge in [0.25, 0.3) is 0 Å². The molecule has 0 aliphatic heterocycles. The van der Waals surface area contributed by atoms with Crippen molar-refractivity contribution in [1.82, 2.24) is 10.3 Å². The Morgan fingerprint density at radius 1 is 1.13 bits per heavy atom. The van der Waals surface area contributed by atoms with E-state index in [9.17, 15) is 20.1 Å². The fourth-order valence-corrected chi connectivity index (χ4v) is 4.01. The quantitative estimate of drug-likeness (QED) is 0.346. The smallest absolute Gasteiger partial charge is 0.307 e. The molecule has 0 aliphatic rings. The monoisotopic (exact) mass is 444 g/mol. The van der Waals surface area contributed by atoms with E-state index >= 15 is 0 Å². The predicted octanol–water partition coefficient (Wildman–Crippen LogP) is 3.15. The van der Waals surface area contributed by atoms with Gasteiger partial charge >= 0.3 is 4.87 Å². The van der Waals surface area contributed by atoms with Gasteiger partial charge in [-0.3, -0.25) is 9.78 Å². The average Bonchev–Trinajstić information content (AvgIpc) is 3.05. The Kier molecular flexibility index (Phi) is 7.37. The maximum Gasteiger partial charge on any atom is 0.307 e. The van der Waals surface area contributed by atoms with Crippen LogP contribution in [0.2, 0.25) is 0 Å². The third kappa shape index (κ3) is 6.10. The molecule has 8 heteroatoms. The summed E-state index contributed by atoms with van der Waals surface area (Å²) in [5.74, 6) is 0.904. The summed E-state index contributed by atoms with van der Waals surface area (Å²) in [7, 11) is 0. The number of aliphatic hydroxyl groups excluding tert-OH is 1. The third-order valence-corrected chi connectivity index (χ3v) is 5.92. The molecular formula is C23H28N2O5S. The summed E-state index contributed by atoms with van der Waals surface area (Å²) in [6.45, 7) is 6.41. The zero-order chi connectivity index (χ0) is 22.5. The molecule has 7 nitrogen and oxygen atoms in total. The van der Waals surface area contributed by atoms with Crippen molar-refractivity contribution in [2.75, 3.05) is 13.2 Å². The van der Waals surface area contributed by atoms with Gasteiger partial charge in [0.2, 0.25) is 5.88 Å². The van der Waals surface area contributed by atoms with E-state index in [1.54, 1.807) is 12.1 Å². The predicted molar refractivity (Wildman–Crippen MR) is 121 cm³/mol. The van der Waals surface area contributed by atoms with Gasteiger partial charge in [-0.1, -0.05) is 23.5 Å². The number of hydrogen-bond donors (Lipinski definition) is 5. The summed E-state index contributed by atoms with van der Waals surface area (Å²) in [6.07, 6.45) is -0.207. The van der Waals surface area contributed by atoms with E-state index in [4.69, 9.17) is 4.74 Å². The molecule has 3 aromatic rings. The Morgan fingerprint density at radius 3 is 2.35 bits per heavy atom. The molecule has 2 unspecified atom stereocenters. The van der Waals surface area contributed by atoms with E-state index in [0.29, 0.717) is 30.2 Å². The zero-order valence-electron chi connectivity index (χ0n) is 17.8. The van der Waals surface area contributed by atoms with Crippen LogP contribution in [-0.4, -0.2) is 39.5 Å². The number of benzene rings is 2. The van der Waals surface area contributed by atoms with Crippen molar-refractivity contribution in [3.63, 3.8) is 0 Å². The fourth-order valence-electron chi connectivity index (χ4n) is 3.25. The van der Waals surface area contributed by atoms with Gasteiger partial charge in [0.1, 0.15) is 18.1 Å². The molecule has 2 aromatic carbocycles. The molecule has 0 radical (unpaired) electrons. The first kappa shape index (κ1) is 22.9. The number of phenolic OH excluding ortho intramolecular Hbond substituents is 1. The van der Waals surface area contributed by atoms with E-state index in [2.05, 4.69) is 10.3 Å². The molecule has 166 valence electrons. The lowest BCUT2D eigenvalue weighted by atomic mass is 10.0.